The number of nitrogens with one attached hydrogen (secondary N) is 1. The minimum absolute atomic E-state index is 0.0353. The van der Waals surface area contributed by atoms with Crippen molar-refractivity contribution in [3.05, 3.63) is 63.1 Å². The van der Waals surface area contributed by atoms with E-state index in [1.807, 2.05) is 0 Å². The van der Waals surface area contributed by atoms with Crippen LogP contribution in [0.2, 0.25) is 10.0 Å². The second-order valence-electron chi connectivity index (χ2n) is 6.59. The van der Waals surface area contributed by atoms with E-state index in [2.05, 4.69) is 5.32 Å². The smallest absolute Gasteiger partial charge is 0.325 e. The SMILES string of the molecule is C[C@@]1(c2ccccc2Cl)NC(=O)N(Cc2cc(Cl)cc3c2OCOC3)C1=O. The summed E-state index contributed by atoms with van der Waals surface area (Å²) in [5.74, 6) is 0.207. The Morgan fingerprint density at radius 1 is 1.22 bits per heavy atom. The van der Waals surface area contributed by atoms with Crippen LogP contribution in [0.1, 0.15) is 23.6 Å². The maximum absolute atomic E-state index is 13.1. The number of carbonyl (C=O) groups excluding carboxylic acids is 2. The summed E-state index contributed by atoms with van der Waals surface area (Å²) in [5, 5.41) is 3.65. The third-order valence-electron chi connectivity index (χ3n) is 4.77. The standard InChI is InChI=1S/C19H16Cl2N2O4/c1-19(14-4-2-3-5-15(14)21)17(24)23(18(25)22-19)8-11-6-13(20)7-12-9-26-10-27-16(11)12/h2-7H,8-10H2,1H3,(H,22,25)/t19-/m0/s1. The number of hydrogen-bond acceptors (Lipinski definition) is 4. The molecule has 0 spiro atoms. The summed E-state index contributed by atoms with van der Waals surface area (Å²) in [6.45, 7) is 2.15. The van der Waals surface area contributed by atoms with Gasteiger partial charge in [0.15, 0.2) is 6.79 Å². The molecule has 140 valence electrons. The fourth-order valence-electron chi connectivity index (χ4n) is 3.43. The molecular formula is C19H16Cl2N2O4. The Labute approximate surface area is 165 Å². The zero-order chi connectivity index (χ0) is 19.2. The van der Waals surface area contributed by atoms with Crippen LogP contribution in [0.15, 0.2) is 36.4 Å². The van der Waals surface area contributed by atoms with E-state index >= 15 is 0 Å². The van der Waals surface area contributed by atoms with Crippen LogP contribution in [0.5, 0.6) is 5.75 Å². The molecule has 1 atom stereocenters. The highest BCUT2D eigenvalue weighted by Crippen LogP contribution is 2.37. The number of rotatable bonds is 3. The first-order valence-corrected chi connectivity index (χ1v) is 9.06. The highest BCUT2D eigenvalue weighted by Gasteiger charge is 2.50. The van der Waals surface area contributed by atoms with Crippen molar-refractivity contribution in [2.24, 2.45) is 0 Å². The van der Waals surface area contributed by atoms with Gasteiger partial charge in [-0.3, -0.25) is 9.69 Å². The third-order valence-corrected chi connectivity index (χ3v) is 5.32. The van der Waals surface area contributed by atoms with Crippen LogP contribution in [0, 0.1) is 0 Å². The van der Waals surface area contributed by atoms with Crippen LogP contribution < -0.4 is 10.1 Å². The van der Waals surface area contributed by atoms with Crippen LogP contribution in [0.25, 0.3) is 0 Å². The maximum Gasteiger partial charge on any atom is 0.325 e. The molecule has 0 aliphatic carbocycles. The number of hydrogen-bond donors (Lipinski definition) is 1. The number of urea groups is 1. The quantitative estimate of drug-likeness (QED) is 0.786. The van der Waals surface area contributed by atoms with Gasteiger partial charge in [0, 0.05) is 26.7 Å². The molecule has 1 fully saturated rings. The van der Waals surface area contributed by atoms with Gasteiger partial charge in [0.05, 0.1) is 13.2 Å². The Balaban J connectivity index is 1.68. The first kappa shape index (κ1) is 18.1. The molecule has 8 heteroatoms. The number of ether oxygens (including phenoxy) is 2. The fraction of sp³-hybridized carbons (Fsp3) is 0.263. The summed E-state index contributed by atoms with van der Waals surface area (Å²) in [6, 6.07) is 9.90. The lowest BCUT2D eigenvalue weighted by atomic mass is 9.92. The third kappa shape index (κ3) is 3.04. The van der Waals surface area contributed by atoms with Crippen molar-refractivity contribution in [2.45, 2.75) is 25.6 Å². The van der Waals surface area contributed by atoms with E-state index in [1.165, 1.54) is 0 Å². The molecule has 0 unspecified atom stereocenters. The molecule has 2 aromatic carbocycles. The van der Waals surface area contributed by atoms with Gasteiger partial charge in [-0.1, -0.05) is 41.4 Å². The average molecular weight is 407 g/mol. The van der Waals surface area contributed by atoms with E-state index in [0.717, 1.165) is 10.5 Å². The predicted molar refractivity (Wildman–Crippen MR) is 99.6 cm³/mol. The van der Waals surface area contributed by atoms with Crippen molar-refractivity contribution in [1.82, 2.24) is 10.2 Å². The molecule has 2 heterocycles. The van der Waals surface area contributed by atoms with Crippen LogP contribution in [0.3, 0.4) is 0 Å². The molecule has 0 saturated carbocycles. The van der Waals surface area contributed by atoms with Gasteiger partial charge in [-0.15, -0.1) is 0 Å². The molecule has 2 aromatic rings. The Hall–Kier alpha value is -2.28. The lowest BCUT2D eigenvalue weighted by Crippen LogP contribution is -2.41. The van der Waals surface area contributed by atoms with E-state index in [9.17, 15) is 9.59 Å². The summed E-state index contributed by atoms with van der Waals surface area (Å²) >= 11 is 12.4. The molecule has 0 bridgehead atoms. The molecule has 0 radical (unpaired) electrons. The van der Waals surface area contributed by atoms with Crippen LogP contribution >= 0.6 is 23.2 Å². The second kappa shape index (κ2) is 6.71. The largest absolute Gasteiger partial charge is 0.467 e. The molecule has 2 aliphatic rings. The molecule has 3 amide bonds. The number of imide groups is 1. The summed E-state index contributed by atoms with van der Waals surface area (Å²) in [6.07, 6.45) is 0. The Bertz CT molecular complexity index is 949. The van der Waals surface area contributed by atoms with E-state index in [1.54, 1.807) is 43.3 Å². The molecule has 0 aromatic heterocycles. The molecule has 2 aliphatic heterocycles. The molecule has 4 rings (SSSR count). The van der Waals surface area contributed by atoms with Gasteiger partial charge in [0.2, 0.25) is 0 Å². The first-order valence-electron chi connectivity index (χ1n) is 8.31. The van der Waals surface area contributed by atoms with Gasteiger partial charge in [0.1, 0.15) is 11.3 Å². The first-order chi connectivity index (χ1) is 12.9. The number of halogens is 2. The topological polar surface area (TPSA) is 67.9 Å². The van der Waals surface area contributed by atoms with E-state index in [4.69, 9.17) is 32.7 Å². The van der Waals surface area contributed by atoms with E-state index in [0.29, 0.717) is 33.5 Å². The van der Waals surface area contributed by atoms with Crippen LogP contribution in [-0.2, 0) is 28.2 Å². The van der Waals surface area contributed by atoms with Gasteiger partial charge in [0.25, 0.3) is 5.91 Å². The number of carbonyl (C=O) groups is 2. The highest BCUT2D eigenvalue weighted by atomic mass is 35.5. The Kier molecular flexibility index (Phi) is 4.50. The van der Waals surface area contributed by atoms with Gasteiger partial charge < -0.3 is 14.8 Å². The lowest BCUT2D eigenvalue weighted by molar-refractivity contribution is -0.131. The van der Waals surface area contributed by atoms with Crippen molar-refractivity contribution in [2.75, 3.05) is 6.79 Å². The minimum atomic E-state index is -1.24. The van der Waals surface area contributed by atoms with Crippen molar-refractivity contribution >= 4 is 35.1 Å². The Morgan fingerprint density at radius 2 is 2.00 bits per heavy atom. The van der Waals surface area contributed by atoms with Crippen molar-refractivity contribution in [1.29, 1.82) is 0 Å². The Morgan fingerprint density at radius 3 is 2.78 bits per heavy atom. The van der Waals surface area contributed by atoms with Crippen molar-refractivity contribution in [3.63, 3.8) is 0 Å². The predicted octanol–water partition coefficient (Wildman–Crippen LogP) is 3.83. The van der Waals surface area contributed by atoms with Gasteiger partial charge >= 0.3 is 6.03 Å². The van der Waals surface area contributed by atoms with Gasteiger partial charge in [-0.05, 0) is 25.1 Å². The molecule has 27 heavy (non-hydrogen) atoms. The minimum Gasteiger partial charge on any atom is -0.467 e. The van der Waals surface area contributed by atoms with Gasteiger partial charge in [-0.25, -0.2) is 4.79 Å². The number of fused-ring (bicyclic) bond motifs is 1. The summed E-state index contributed by atoms with van der Waals surface area (Å²) in [7, 11) is 0. The van der Waals surface area contributed by atoms with Crippen molar-refractivity contribution in [3.8, 4) is 5.75 Å². The van der Waals surface area contributed by atoms with Gasteiger partial charge in [-0.2, -0.15) is 0 Å². The number of benzene rings is 2. The molecule has 6 nitrogen and oxygen atoms in total. The normalized spacial score (nSPS) is 21.7. The summed E-state index contributed by atoms with van der Waals surface area (Å²) in [5.41, 5.74) is 0.737. The van der Waals surface area contributed by atoms with Crippen LogP contribution in [-0.4, -0.2) is 23.6 Å². The maximum atomic E-state index is 13.1. The number of nitrogens with zero attached hydrogens (tertiary/aromatic N) is 1. The zero-order valence-corrected chi connectivity index (χ0v) is 15.9. The highest BCUT2D eigenvalue weighted by molar-refractivity contribution is 6.32. The fourth-order valence-corrected chi connectivity index (χ4v) is 4.02. The number of amides is 3. The molecular weight excluding hydrogens is 391 g/mol. The monoisotopic (exact) mass is 406 g/mol. The van der Waals surface area contributed by atoms with E-state index < -0.39 is 11.6 Å². The second-order valence-corrected chi connectivity index (χ2v) is 7.43. The summed E-state index contributed by atoms with van der Waals surface area (Å²) < 4.78 is 10.8. The lowest BCUT2D eigenvalue weighted by Gasteiger charge is -2.25. The van der Waals surface area contributed by atoms with E-state index in [-0.39, 0.29) is 19.2 Å². The van der Waals surface area contributed by atoms with Crippen LogP contribution in [0.4, 0.5) is 4.79 Å². The molecule has 1 saturated heterocycles. The molecule has 1 N–H and O–H groups in total. The van der Waals surface area contributed by atoms with Crippen molar-refractivity contribution < 1.29 is 19.1 Å². The zero-order valence-electron chi connectivity index (χ0n) is 14.4. The average Bonchev–Trinajstić information content (AvgIpc) is 2.86. The summed E-state index contributed by atoms with van der Waals surface area (Å²) in [4.78, 5) is 26.9.